The van der Waals surface area contributed by atoms with Crippen molar-refractivity contribution in [2.45, 2.75) is 51.8 Å². The van der Waals surface area contributed by atoms with Gasteiger partial charge in [0.25, 0.3) is 5.89 Å². The molecular weight excluding hydrogens is 444 g/mol. The largest absolute Gasteiger partial charge is 0.481 e. The lowest BCUT2D eigenvalue weighted by atomic mass is 10.00. The number of aromatic nitrogens is 2. The van der Waals surface area contributed by atoms with Gasteiger partial charge < -0.3 is 24.2 Å². The van der Waals surface area contributed by atoms with E-state index in [-0.39, 0.29) is 6.42 Å². The molecule has 1 unspecified atom stereocenters. The van der Waals surface area contributed by atoms with E-state index in [9.17, 15) is 4.79 Å². The minimum absolute atomic E-state index is 0.116. The second kappa shape index (κ2) is 11.5. The molecule has 0 radical (unpaired) electrons. The van der Waals surface area contributed by atoms with Crippen molar-refractivity contribution < 1.29 is 19.2 Å². The third-order valence-corrected chi connectivity index (χ3v) is 6.51. The molecule has 1 saturated heterocycles. The topological polar surface area (TPSA) is 91.9 Å². The van der Waals surface area contributed by atoms with Gasteiger partial charge in [-0.2, -0.15) is 4.98 Å². The van der Waals surface area contributed by atoms with Crippen molar-refractivity contribution in [1.29, 1.82) is 0 Å². The maximum absolute atomic E-state index is 10.8. The molecule has 186 valence electrons. The van der Waals surface area contributed by atoms with Crippen molar-refractivity contribution >= 4 is 11.7 Å². The summed E-state index contributed by atoms with van der Waals surface area (Å²) in [6, 6.07) is 14.7. The molecule has 0 saturated carbocycles. The summed E-state index contributed by atoms with van der Waals surface area (Å²) in [5.41, 5.74) is 5.12. The van der Waals surface area contributed by atoms with E-state index in [4.69, 9.17) is 14.4 Å². The Bertz CT molecular complexity index is 1150. The van der Waals surface area contributed by atoms with Gasteiger partial charge in [-0.15, -0.1) is 0 Å². The zero-order valence-corrected chi connectivity index (χ0v) is 20.7. The van der Waals surface area contributed by atoms with Crippen LogP contribution < -0.4 is 4.90 Å². The number of anilines is 1. The zero-order valence-electron chi connectivity index (χ0n) is 20.7. The van der Waals surface area contributed by atoms with Gasteiger partial charge in [0.05, 0.1) is 13.0 Å². The number of ether oxygens (including phenoxy) is 1. The summed E-state index contributed by atoms with van der Waals surface area (Å²) in [7, 11) is 3.63. The fourth-order valence-corrected chi connectivity index (χ4v) is 4.67. The van der Waals surface area contributed by atoms with Gasteiger partial charge in [-0.3, -0.25) is 4.79 Å². The highest BCUT2D eigenvalue weighted by Crippen LogP contribution is 2.32. The Morgan fingerprint density at radius 3 is 2.86 bits per heavy atom. The highest BCUT2D eigenvalue weighted by Gasteiger charge is 2.22. The van der Waals surface area contributed by atoms with Crippen molar-refractivity contribution in [3.05, 3.63) is 53.6 Å². The van der Waals surface area contributed by atoms with E-state index < -0.39 is 5.97 Å². The third kappa shape index (κ3) is 6.26. The molecule has 8 nitrogen and oxygen atoms in total. The number of hydrogen-bond acceptors (Lipinski definition) is 7. The van der Waals surface area contributed by atoms with Crippen LogP contribution in [-0.2, 0) is 22.7 Å². The summed E-state index contributed by atoms with van der Waals surface area (Å²) in [5.74, 6) is 0.202. The number of rotatable bonds is 10. The van der Waals surface area contributed by atoms with E-state index in [0.29, 0.717) is 37.5 Å². The van der Waals surface area contributed by atoms with E-state index in [1.807, 2.05) is 42.3 Å². The Balaban J connectivity index is 1.53. The average Bonchev–Trinajstić information content (AvgIpc) is 3.34. The number of carboxylic acids is 1. The molecule has 2 heterocycles. The first kappa shape index (κ1) is 24.9. The van der Waals surface area contributed by atoms with Gasteiger partial charge in [0, 0.05) is 55.2 Å². The van der Waals surface area contributed by atoms with Crippen LogP contribution in [-0.4, -0.2) is 59.4 Å². The number of piperidine rings is 1. The Morgan fingerprint density at radius 1 is 1.23 bits per heavy atom. The Labute approximate surface area is 206 Å². The Morgan fingerprint density at radius 2 is 2.09 bits per heavy atom. The molecule has 1 fully saturated rings. The van der Waals surface area contributed by atoms with Gasteiger partial charge in [0.15, 0.2) is 0 Å². The molecule has 1 atom stereocenters. The molecular formula is C27H34N4O4. The summed E-state index contributed by atoms with van der Waals surface area (Å²) >= 11 is 0. The molecule has 0 spiro atoms. The van der Waals surface area contributed by atoms with E-state index in [0.717, 1.165) is 28.8 Å². The molecule has 0 aliphatic carbocycles. The lowest BCUT2D eigenvalue weighted by Crippen LogP contribution is -2.38. The van der Waals surface area contributed by atoms with Crippen LogP contribution in [0.2, 0.25) is 0 Å². The molecule has 0 bridgehead atoms. The quantitative estimate of drug-likeness (QED) is 0.443. The van der Waals surface area contributed by atoms with E-state index in [2.05, 4.69) is 34.1 Å². The minimum atomic E-state index is -0.794. The van der Waals surface area contributed by atoms with Gasteiger partial charge in [0.2, 0.25) is 5.82 Å². The lowest BCUT2D eigenvalue weighted by molar-refractivity contribution is -0.137. The molecule has 1 aliphatic rings. The predicted molar refractivity (Wildman–Crippen MR) is 135 cm³/mol. The number of nitrogens with zero attached hydrogens (tertiary/aromatic N) is 4. The van der Waals surface area contributed by atoms with Gasteiger partial charge in [-0.05, 0) is 63.1 Å². The summed E-state index contributed by atoms with van der Waals surface area (Å²) < 4.78 is 11.1. The minimum Gasteiger partial charge on any atom is -0.481 e. The van der Waals surface area contributed by atoms with E-state index in [1.54, 1.807) is 7.11 Å². The smallest absolute Gasteiger partial charge is 0.304 e. The molecule has 1 aliphatic heterocycles. The Kier molecular flexibility index (Phi) is 8.15. The number of methoxy groups -OCH3 is 1. The van der Waals surface area contributed by atoms with Crippen LogP contribution in [0.1, 0.15) is 43.7 Å². The van der Waals surface area contributed by atoms with Crippen LogP contribution >= 0.6 is 0 Å². The van der Waals surface area contributed by atoms with Crippen LogP contribution in [0.3, 0.4) is 0 Å². The first-order chi connectivity index (χ1) is 16.9. The van der Waals surface area contributed by atoms with Crippen molar-refractivity contribution in [3.8, 4) is 22.8 Å². The molecule has 2 aromatic carbocycles. The van der Waals surface area contributed by atoms with Crippen LogP contribution in [0.25, 0.3) is 22.8 Å². The summed E-state index contributed by atoms with van der Waals surface area (Å²) in [5, 5.41) is 13.1. The Hall–Kier alpha value is -3.23. The fourth-order valence-electron chi connectivity index (χ4n) is 4.67. The molecule has 4 rings (SSSR count). The van der Waals surface area contributed by atoms with Crippen LogP contribution in [0.4, 0.5) is 5.69 Å². The van der Waals surface area contributed by atoms with Crippen LogP contribution in [0.15, 0.2) is 47.0 Å². The van der Waals surface area contributed by atoms with Crippen LogP contribution in [0.5, 0.6) is 0 Å². The third-order valence-electron chi connectivity index (χ3n) is 6.51. The van der Waals surface area contributed by atoms with Crippen molar-refractivity contribution in [1.82, 2.24) is 15.0 Å². The first-order valence-corrected chi connectivity index (χ1v) is 12.2. The predicted octanol–water partition coefficient (Wildman–Crippen LogP) is 4.84. The van der Waals surface area contributed by atoms with Crippen molar-refractivity contribution in [3.63, 3.8) is 0 Å². The maximum Gasteiger partial charge on any atom is 0.304 e. The zero-order chi connectivity index (χ0) is 24.8. The second-order valence-corrected chi connectivity index (χ2v) is 9.32. The van der Waals surface area contributed by atoms with Crippen molar-refractivity contribution in [2.75, 3.05) is 32.1 Å². The number of carboxylic acid groups (broad SMARTS) is 1. The number of hydrogen-bond donors (Lipinski definition) is 1. The highest BCUT2D eigenvalue weighted by molar-refractivity contribution is 5.67. The molecule has 3 aromatic rings. The average molecular weight is 479 g/mol. The highest BCUT2D eigenvalue weighted by atomic mass is 16.5. The SMILES string of the molecule is COCc1cc(-c2nc(-c3cccc(CN(C)CCC(=O)O)c3)no2)ccc1N1CCCCC1C. The van der Waals surface area contributed by atoms with E-state index >= 15 is 0 Å². The van der Waals surface area contributed by atoms with Gasteiger partial charge in [-0.25, -0.2) is 0 Å². The molecule has 35 heavy (non-hydrogen) atoms. The number of aliphatic carboxylic acids is 1. The second-order valence-electron chi connectivity index (χ2n) is 9.32. The summed E-state index contributed by atoms with van der Waals surface area (Å²) in [4.78, 5) is 19.9. The van der Waals surface area contributed by atoms with Crippen LogP contribution in [0, 0.1) is 0 Å². The number of carbonyl (C=O) groups is 1. The molecule has 8 heteroatoms. The van der Waals surface area contributed by atoms with Crippen molar-refractivity contribution in [2.24, 2.45) is 0 Å². The maximum atomic E-state index is 10.8. The van der Waals surface area contributed by atoms with Gasteiger partial charge in [-0.1, -0.05) is 23.4 Å². The molecule has 1 N–H and O–H groups in total. The fraction of sp³-hybridized carbons (Fsp3) is 0.444. The van der Waals surface area contributed by atoms with Gasteiger partial charge >= 0.3 is 5.97 Å². The van der Waals surface area contributed by atoms with Gasteiger partial charge in [0.1, 0.15) is 0 Å². The monoisotopic (exact) mass is 478 g/mol. The summed E-state index contributed by atoms with van der Waals surface area (Å²) in [6.07, 6.45) is 3.81. The number of benzene rings is 2. The molecule has 1 aromatic heterocycles. The lowest BCUT2D eigenvalue weighted by Gasteiger charge is -2.36. The summed E-state index contributed by atoms with van der Waals surface area (Å²) in [6.45, 7) is 4.99. The van der Waals surface area contributed by atoms with E-state index in [1.165, 1.54) is 24.9 Å². The standard InChI is InChI=1S/C27H34N4O4/c1-19-7-4-5-13-31(19)24-11-10-22(16-23(24)18-34-3)27-28-26(29-35-27)21-9-6-8-20(15-21)17-30(2)14-12-25(32)33/h6,8-11,15-16,19H,4-5,7,12-14,17-18H2,1-3H3,(H,32,33). The first-order valence-electron chi connectivity index (χ1n) is 12.2. The molecule has 0 amide bonds. The normalized spacial score (nSPS) is 16.1.